The van der Waals surface area contributed by atoms with E-state index in [0.29, 0.717) is 50.9 Å². The van der Waals surface area contributed by atoms with Crippen LogP contribution in [0.5, 0.6) is 28.7 Å². The van der Waals surface area contributed by atoms with Gasteiger partial charge in [0.1, 0.15) is 22.8 Å². The Morgan fingerprint density at radius 1 is 1.20 bits per heavy atom. The van der Waals surface area contributed by atoms with Gasteiger partial charge in [-0.2, -0.15) is 0 Å². The predicted octanol–water partition coefficient (Wildman–Crippen LogP) is 2.97. The second kappa shape index (κ2) is 4.97. The Morgan fingerprint density at radius 2 is 2.08 bits per heavy atom. The molecule has 0 radical (unpaired) electrons. The lowest BCUT2D eigenvalue weighted by Gasteiger charge is -2.24. The van der Waals surface area contributed by atoms with Crippen LogP contribution in [0.4, 0.5) is 0 Å². The number of rotatable bonds is 2. The van der Waals surface area contributed by atoms with Crippen molar-refractivity contribution in [2.75, 3.05) is 20.5 Å². The number of ether oxygens (including phenoxy) is 4. The molecule has 5 rings (SSSR count). The van der Waals surface area contributed by atoms with Crippen molar-refractivity contribution in [3.63, 3.8) is 0 Å². The fraction of sp³-hybridized carbons (Fsp3) is 0.222. The van der Waals surface area contributed by atoms with Gasteiger partial charge in [-0.1, -0.05) is 0 Å². The van der Waals surface area contributed by atoms with Gasteiger partial charge >= 0.3 is 0 Å². The summed E-state index contributed by atoms with van der Waals surface area (Å²) in [6.07, 6.45) is -0.653. The lowest BCUT2D eigenvalue weighted by Crippen LogP contribution is -2.16. The molecule has 3 aromatic rings. The Bertz CT molecular complexity index is 1000. The highest BCUT2D eigenvalue weighted by atomic mass is 16.7. The number of hydrogen-bond donors (Lipinski definition) is 2. The summed E-state index contributed by atoms with van der Waals surface area (Å²) in [5.74, 6) is 2.63. The maximum atomic E-state index is 9.84. The van der Waals surface area contributed by atoms with Crippen molar-refractivity contribution in [3.05, 3.63) is 29.8 Å². The minimum Gasteiger partial charge on any atom is -0.508 e. The average Bonchev–Trinajstić information content (AvgIpc) is 3.22. The number of aliphatic hydroxyl groups excluding tert-OH is 1. The van der Waals surface area contributed by atoms with Crippen LogP contribution in [0.1, 0.15) is 11.7 Å². The molecule has 0 amide bonds. The molecular formula is C18H14O7. The molecule has 1 aromatic heterocycles. The Labute approximate surface area is 141 Å². The van der Waals surface area contributed by atoms with Crippen LogP contribution in [0.3, 0.4) is 0 Å². The molecule has 3 heterocycles. The summed E-state index contributed by atoms with van der Waals surface area (Å²) in [6.45, 7) is -0.142. The molecule has 0 bridgehead atoms. The Balaban J connectivity index is 1.87. The van der Waals surface area contributed by atoms with E-state index in [1.54, 1.807) is 25.3 Å². The summed E-state index contributed by atoms with van der Waals surface area (Å²) in [7, 11) is 1.54. The first-order chi connectivity index (χ1) is 12.2. The van der Waals surface area contributed by atoms with Gasteiger partial charge in [0.25, 0.3) is 0 Å². The summed E-state index contributed by atoms with van der Waals surface area (Å²) in [5, 5.41) is 20.2. The monoisotopic (exact) mass is 342 g/mol. The molecule has 2 aliphatic rings. The van der Waals surface area contributed by atoms with Gasteiger partial charge < -0.3 is 33.6 Å². The van der Waals surface area contributed by atoms with Crippen molar-refractivity contribution < 1.29 is 33.6 Å². The van der Waals surface area contributed by atoms with Gasteiger partial charge in [-0.05, 0) is 12.1 Å². The Hall–Kier alpha value is -3.06. The highest BCUT2D eigenvalue weighted by Gasteiger charge is 2.36. The molecule has 2 aliphatic heterocycles. The van der Waals surface area contributed by atoms with E-state index in [-0.39, 0.29) is 19.1 Å². The van der Waals surface area contributed by atoms with Gasteiger partial charge in [0, 0.05) is 12.1 Å². The molecule has 1 unspecified atom stereocenters. The molecule has 0 fully saturated rings. The number of hydrogen-bond acceptors (Lipinski definition) is 7. The molecular weight excluding hydrogens is 328 g/mol. The molecule has 7 heteroatoms. The van der Waals surface area contributed by atoms with Crippen molar-refractivity contribution in [2.24, 2.45) is 0 Å². The fourth-order valence-electron chi connectivity index (χ4n) is 3.44. The number of aromatic hydroxyl groups is 1. The molecule has 7 nitrogen and oxygen atoms in total. The van der Waals surface area contributed by atoms with Crippen molar-refractivity contribution in [3.8, 4) is 40.1 Å². The number of aliphatic hydroxyl groups is 1. The third-order valence-corrected chi connectivity index (χ3v) is 4.48. The highest BCUT2D eigenvalue weighted by Crippen LogP contribution is 2.54. The predicted molar refractivity (Wildman–Crippen MR) is 86.4 cm³/mol. The number of phenolic OH excluding ortho intramolecular Hbond substituents is 1. The summed E-state index contributed by atoms with van der Waals surface area (Å²) < 4.78 is 28.5. The number of phenols is 1. The molecule has 2 aromatic carbocycles. The topological polar surface area (TPSA) is 90.5 Å². The molecule has 0 aliphatic carbocycles. The molecule has 1 atom stereocenters. The minimum absolute atomic E-state index is 0.0772. The number of benzene rings is 2. The van der Waals surface area contributed by atoms with Crippen molar-refractivity contribution in [1.82, 2.24) is 0 Å². The first kappa shape index (κ1) is 14.3. The van der Waals surface area contributed by atoms with Crippen LogP contribution in [0.25, 0.3) is 22.3 Å². The van der Waals surface area contributed by atoms with E-state index < -0.39 is 6.10 Å². The molecule has 128 valence electrons. The summed E-state index contributed by atoms with van der Waals surface area (Å²) in [6, 6.07) is 6.51. The molecule has 25 heavy (non-hydrogen) atoms. The maximum absolute atomic E-state index is 9.84. The minimum atomic E-state index is -0.653. The third-order valence-electron chi connectivity index (χ3n) is 4.48. The zero-order valence-electron chi connectivity index (χ0n) is 13.2. The Kier molecular flexibility index (Phi) is 2.84. The second-order valence-corrected chi connectivity index (χ2v) is 5.83. The normalized spacial score (nSPS) is 17.1. The smallest absolute Gasteiger partial charge is 0.231 e. The standard InChI is InChI=1S/C18H14O7/c1-21-18-14-11(5-12-17(18)23-7-22-12)25-16-9-3-2-8(20)4-10(9)24-13(6-19)15(14)16/h2-5,13,19-20H,6-7H2,1H3. The molecule has 0 spiro atoms. The molecule has 2 N–H and O–H groups in total. The van der Waals surface area contributed by atoms with Crippen LogP contribution in [-0.4, -0.2) is 30.7 Å². The van der Waals surface area contributed by atoms with Gasteiger partial charge in [-0.15, -0.1) is 0 Å². The van der Waals surface area contributed by atoms with Crippen molar-refractivity contribution >= 4 is 11.0 Å². The van der Waals surface area contributed by atoms with Crippen molar-refractivity contribution in [2.45, 2.75) is 6.10 Å². The first-order valence-electron chi connectivity index (χ1n) is 7.75. The van der Waals surface area contributed by atoms with Gasteiger partial charge in [0.2, 0.25) is 12.5 Å². The van der Waals surface area contributed by atoms with Crippen LogP contribution in [-0.2, 0) is 0 Å². The molecule has 0 saturated heterocycles. The van der Waals surface area contributed by atoms with E-state index in [0.717, 1.165) is 0 Å². The van der Waals surface area contributed by atoms with Crippen molar-refractivity contribution in [1.29, 1.82) is 0 Å². The lowest BCUT2D eigenvalue weighted by atomic mass is 9.97. The van der Waals surface area contributed by atoms with E-state index >= 15 is 0 Å². The quantitative estimate of drug-likeness (QED) is 0.740. The van der Waals surface area contributed by atoms with Crippen LogP contribution >= 0.6 is 0 Å². The number of furan rings is 1. The lowest BCUT2D eigenvalue weighted by molar-refractivity contribution is 0.114. The van der Waals surface area contributed by atoms with E-state index in [1.807, 2.05) is 0 Å². The highest BCUT2D eigenvalue weighted by molar-refractivity contribution is 5.98. The van der Waals surface area contributed by atoms with Gasteiger partial charge in [0.05, 0.1) is 30.2 Å². The molecule has 0 saturated carbocycles. The van der Waals surface area contributed by atoms with Crippen LogP contribution in [0, 0.1) is 0 Å². The van der Waals surface area contributed by atoms with Gasteiger partial charge in [0.15, 0.2) is 17.6 Å². The van der Waals surface area contributed by atoms with E-state index in [1.165, 1.54) is 6.07 Å². The number of fused-ring (bicyclic) bond motifs is 6. The van der Waals surface area contributed by atoms with Crippen LogP contribution in [0.15, 0.2) is 28.7 Å². The first-order valence-corrected chi connectivity index (χ1v) is 7.75. The maximum Gasteiger partial charge on any atom is 0.231 e. The third kappa shape index (κ3) is 1.84. The van der Waals surface area contributed by atoms with E-state index in [9.17, 15) is 10.2 Å². The summed E-state index contributed by atoms with van der Waals surface area (Å²) >= 11 is 0. The Morgan fingerprint density at radius 3 is 2.88 bits per heavy atom. The second-order valence-electron chi connectivity index (χ2n) is 5.83. The zero-order valence-corrected chi connectivity index (χ0v) is 13.2. The van der Waals surface area contributed by atoms with Gasteiger partial charge in [-0.25, -0.2) is 0 Å². The average molecular weight is 342 g/mol. The van der Waals surface area contributed by atoms with E-state index in [4.69, 9.17) is 23.4 Å². The zero-order chi connectivity index (χ0) is 17.1. The fourth-order valence-corrected chi connectivity index (χ4v) is 3.44. The van der Waals surface area contributed by atoms with Gasteiger partial charge in [-0.3, -0.25) is 0 Å². The number of methoxy groups -OCH3 is 1. The largest absolute Gasteiger partial charge is 0.508 e. The SMILES string of the molecule is COc1c2c(cc3oc4c(c13)C(CO)Oc1cc(O)ccc1-4)OCO2. The summed E-state index contributed by atoms with van der Waals surface area (Å²) in [4.78, 5) is 0. The van der Waals surface area contributed by atoms with Crippen LogP contribution < -0.4 is 18.9 Å². The summed E-state index contributed by atoms with van der Waals surface area (Å²) in [5.41, 5.74) is 1.93. The van der Waals surface area contributed by atoms with Crippen LogP contribution in [0.2, 0.25) is 0 Å². The van der Waals surface area contributed by atoms with E-state index in [2.05, 4.69) is 0 Å².